The monoisotopic (exact) mass is 396 g/mol. The largest absolute Gasteiger partial charge is 0.482 e. The summed E-state index contributed by atoms with van der Waals surface area (Å²) in [5, 5.41) is 6.71. The van der Waals surface area contributed by atoms with Crippen LogP contribution in [0.25, 0.3) is 0 Å². The molecule has 0 saturated carbocycles. The molecular weight excluding hydrogens is 380 g/mol. The summed E-state index contributed by atoms with van der Waals surface area (Å²) >= 11 is 7.40. The molecule has 0 fully saturated rings. The van der Waals surface area contributed by atoms with Gasteiger partial charge in [-0.05, 0) is 30.7 Å². The van der Waals surface area contributed by atoms with E-state index in [1.165, 1.54) is 11.3 Å². The van der Waals surface area contributed by atoms with Gasteiger partial charge in [-0.3, -0.25) is 15.0 Å². The number of thiazole rings is 1. The maximum Gasteiger partial charge on any atom is 0.311 e. The first kappa shape index (κ1) is 19.7. The van der Waals surface area contributed by atoms with Crippen LogP contribution in [0.2, 0.25) is 5.02 Å². The highest BCUT2D eigenvalue weighted by Gasteiger charge is 2.08. The number of benzene rings is 1. The first-order chi connectivity index (χ1) is 12.5. The lowest BCUT2D eigenvalue weighted by Gasteiger charge is -2.06. The Morgan fingerprint density at radius 1 is 1.46 bits per heavy atom. The van der Waals surface area contributed by atoms with Gasteiger partial charge in [-0.25, -0.2) is 4.98 Å². The van der Waals surface area contributed by atoms with E-state index in [1.54, 1.807) is 36.7 Å². The van der Waals surface area contributed by atoms with Crippen molar-refractivity contribution in [3.05, 3.63) is 39.9 Å². The van der Waals surface area contributed by atoms with Gasteiger partial charge < -0.3 is 15.2 Å². The van der Waals surface area contributed by atoms with Gasteiger partial charge in [0.1, 0.15) is 5.75 Å². The number of anilines is 1. The second-order valence-corrected chi connectivity index (χ2v) is 6.21. The lowest BCUT2D eigenvalue weighted by atomic mass is 10.2. The van der Waals surface area contributed by atoms with Gasteiger partial charge in [-0.2, -0.15) is 5.10 Å². The predicted octanol–water partition coefficient (Wildman–Crippen LogP) is 2.21. The molecule has 0 aliphatic heterocycles. The van der Waals surface area contributed by atoms with Crippen molar-refractivity contribution in [2.45, 2.75) is 13.3 Å². The number of carbonyl (C=O) groups excluding carboxylic acids is 2. The van der Waals surface area contributed by atoms with E-state index in [1.807, 2.05) is 0 Å². The van der Waals surface area contributed by atoms with Gasteiger partial charge in [-0.1, -0.05) is 11.6 Å². The topological polar surface area (TPSA) is 116 Å². The van der Waals surface area contributed by atoms with Crippen molar-refractivity contribution in [3.63, 3.8) is 0 Å². The van der Waals surface area contributed by atoms with Crippen LogP contribution in [0.1, 0.15) is 18.2 Å². The van der Waals surface area contributed by atoms with Gasteiger partial charge >= 0.3 is 5.97 Å². The Hall–Kier alpha value is -2.65. The molecule has 2 rings (SSSR count). The van der Waals surface area contributed by atoms with Crippen LogP contribution < -0.4 is 15.9 Å². The number of aromatic nitrogens is 1. The Kier molecular flexibility index (Phi) is 7.37. The molecule has 0 bridgehead atoms. The van der Waals surface area contributed by atoms with Crippen molar-refractivity contribution in [2.75, 3.05) is 18.6 Å². The number of rotatable bonds is 9. The highest BCUT2D eigenvalue weighted by Crippen LogP contribution is 2.25. The third-order valence-corrected chi connectivity index (χ3v) is 3.97. The number of esters is 1. The normalized spacial score (nSPS) is 10.7. The van der Waals surface area contributed by atoms with Gasteiger partial charge in [0.2, 0.25) is 5.13 Å². The average Bonchev–Trinajstić information content (AvgIpc) is 3.01. The number of primary amides is 1. The van der Waals surface area contributed by atoms with E-state index in [0.717, 1.165) is 5.56 Å². The van der Waals surface area contributed by atoms with Crippen molar-refractivity contribution in [1.29, 1.82) is 0 Å². The fourth-order valence-corrected chi connectivity index (χ4v) is 2.73. The minimum absolute atomic E-state index is 0.123. The van der Waals surface area contributed by atoms with Gasteiger partial charge in [0.05, 0.1) is 30.0 Å². The number of hydrogen-bond acceptors (Lipinski definition) is 8. The molecule has 0 aliphatic carbocycles. The molecule has 0 aliphatic rings. The van der Waals surface area contributed by atoms with E-state index in [-0.39, 0.29) is 19.0 Å². The number of hydrazone groups is 1. The highest BCUT2D eigenvalue weighted by atomic mass is 35.5. The van der Waals surface area contributed by atoms with Gasteiger partial charge in [0.25, 0.3) is 5.91 Å². The van der Waals surface area contributed by atoms with E-state index in [4.69, 9.17) is 26.8 Å². The summed E-state index contributed by atoms with van der Waals surface area (Å²) in [5.74, 6) is -0.540. The number of amides is 1. The maximum absolute atomic E-state index is 11.4. The molecule has 0 spiro atoms. The van der Waals surface area contributed by atoms with Gasteiger partial charge in [-0.15, -0.1) is 11.3 Å². The lowest BCUT2D eigenvalue weighted by molar-refractivity contribution is -0.142. The van der Waals surface area contributed by atoms with Crippen LogP contribution in [0.3, 0.4) is 0 Å². The molecule has 1 heterocycles. The van der Waals surface area contributed by atoms with Crippen molar-refractivity contribution < 1.29 is 19.1 Å². The van der Waals surface area contributed by atoms with Crippen molar-refractivity contribution in [3.8, 4) is 5.75 Å². The van der Waals surface area contributed by atoms with Crippen LogP contribution >= 0.6 is 22.9 Å². The van der Waals surface area contributed by atoms with E-state index in [9.17, 15) is 9.59 Å². The number of nitrogens with two attached hydrogens (primary N) is 1. The minimum Gasteiger partial charge on any atom is -0.482 e. The molecule has 0 atom stereocenters. The molecule has 2 aromatic rings. The zero-order valence-electron chi connectivity index (χ0n) is 13.9. The first-order valence-corrected chi connectivity index (χ1v) is 8.83. The van der Waals surface area contributed by atoms with Gasteiger partial charge in [0.15, 0.2) is 6.61 Å². The fourth-order valence-electron chi connectivity index (χ4n) is 1.82. The lowest BCUT2D eigenvalue weighted by Crippen LogP contribution is -2.20. The molecule has 3 N–H and O–H groups in total. The predicted molar refractivity (Wildman–Crippen MR) is 99.8 cm³/mol. The number of hydrogen-bond donors (Lipinski definition) is 2. The molecule has 8 nitrogen and oxygen atoms in total. The van der Waals surface area contributed by atoms with Crippen molar-refractivity contribution >= 4 is 46.2 Å². The Bertz CT molecular complexity index is 809. The average molecular weight is 397 g/mol. The Morgan fingerprint density at radius 2 is 2.27 bits per heavy atom. The van der Waals surface area contributed by atoms with E-state index in [2.05, 4.69) is 15.5 Å². The van der Waals surface area contributed by atoms with E-state index < -0.39 is 5.91 Å². The van der Waals surface area contributed by atoms with Crippen molar-refractivity contribution in [1.82, 2.24) is 4.98 Å². The summed E-state index contributed by atoms with van der Waals surface area (Å²) in [7, 11) is 0. The smallest absolute Gasteiger partial charge is 0.311 e. The molecular formula is C16H17ClN4O4S. The Morgan fingerprint density at radius 3 is 2.96 bits per heavy atom. The number of carbonyl (C=O) groups is 2. The Balaban J connectivity index is 1.90. The van der Waals surface area contributed by atoms with Crippen LogP contribution in [0.4, 0.5) is 5.13 Å². The molecule has 138 valence electrons. The summed E-state index contributed by atoms with van der Waals surface area (Å²) < 4.78 is 10.0. The van der Waals surface area contributed by atoms with Crippen LogP contribution in [-0.4, -0.2) is 36.3 Å². The number of ether oxygens (including phenoxy) is 2. The van der Waals surface area contributed by atoms with Crippen LogP contribution in [0, 0.1) is 0 Å². The molecule has 0 saturated heterocycles. The standard InChI is InChI=1S/C16H17ClN4O4S/c1-2-24-15(23)6-11-9-26-16(20-11)21-19-7-10-3-4-13(12(17)5-10)25-8-14(18)22/h3-5,7,9H,2,6,8H2,1H3,(H2,18,22)(H,20,21). The summed E-state index contributed by atoms with van der Waals surface area (Å²) in [4.78, 5) is 26.4. The molecule has 10 heteroatoms. The minimum atomic E-state index is -0.582. The number of nitrogens with zero attached hydrogens (tertiary/aromatic N) is 2. The quantitative estimate of drug-likeness (QED) is 0.381. The van der Waals surface area contributed by atoms with E-state index in [0.29, 0.717) is 28.2 Å². The van der Waals surface area contributed by atoms with Crippen molar-refractivity contribution in [2.24, 2.45) is 10.8 Å². The summed E-state index contributed by atoms with van der Waals surface area (Å²) in [6.07, 6.45) is 1.67. The highest BCUT2D eigenvalue weighted by molar-refractivity contribution is 7.13. The van der Waals surface area contributed by atoms with Gasteiger partial charge in [0, 0.05) is 5.38 Å². The molecule has 1 aromatic carbocycles. The second kappa shape index (κ2) is 9.73. The zero-order valence-corrected chi connectivity index (χ0v) is 15.5. The third kappa shape index (κ3) is 6.34. The molecule has 1 aromatic heterocycles. The third-order valence-electron chi connectivity index (χ3n) is 2.88. The second-order valence-electron chi connectivity index (χ2n) is 4.94. The Labute approximate surface area is 159 Å². The zero-order chi connectivity index (χ0) is 18.9. The number of halogens is 1. The van der Waals surface area contributed by atoms with E-state index >= 15 is 0 Å². The molecule has 0 radical (unpaired) electrons. The maximum atomic E-state index is 11.4. The summed E-state index contributed by atoms with van der Waals surface area (Å²) in [6.45, 7) is 1.85. The summed E-state index contributed by atoms with van der Waals surface area (Å²) in [6, 6.07) is 4.98. The number of nitrogens with one attached hydrogen (secondary N) is 1. The van der Waals surface area contributed by atoms with Crippen LogP contribution in [0.15, 0.2) is 28.7 Å². The van der Waals surface area contributed by atoms with Crippen LogP contribution in [-0.2, 0) is 20.7 Å². The molecule has 1 amide bonds. The van der Waals surface area contributed by atoms with Crippen LogP contribution in [0.5, 0.6) is 5.75 Å². The molecule has 0 unspecified atom stereocenters. The first-order valence-electron chi connectivity index (χ1n) is 7.57. The summed E-state index contributed by atoms with van der Waals surface area (Å²) in [5.41, 5.74) is 9.14. The fraction of sp³-hybridized carbons (Fsp3) is 0.250. The SMILES string of the molecule is CCOC(=O)Cc1csc(NN=Cc2ccc(OCC(N)=O)c(Cl)c2)n1. The molecule has 26 heavy (non-hydrogen) atoms.